The molecule has 7 heteroatoms. The van der Waals surface area contributed by atoms with Crippen molar-refractivity contribution in [2.45, 2.75) is 44.6 Å². The number of benzene rings is 1. The van der Waals surface area contributed by atoms with Crippen molar-refractivity contribution >= 4 is 17.8 Å². The number of methoxy groups -OCH3 is 1. The summed E-state index contributed by atoms with van der Waals surface area (Å²) in [6, 6.07) is 10.1. The highest BCUT2D eigenvalue weighted by Gasteiger charge is 2.31. The standard InChI is InChI=1S/C23H28N2O5/c1-24-23(28)21(17-6-4-3-5-7-17)25-22(27)19-13-12-18(30-19)16-10-8-15(9-11-16)14-20(26)29-2/h8-13,17,21H,3-7,14H2,1-2H3,(H,24,28)(H,25,27)/t21-/m0/s1. The van der Waals surface area contributed by atoms with Crippen molar-refractivity contribution in [1.82, 2.24) is 10.6 Å². The van der Waals surface area contributed by atoms with Crippen LogP contribution >= 0.6 is 0 Å². The second-order valence-electron chi connectivity index (χ2n) is 7.58. The highest BCUT2D eigenvalue weighted by atomic mass is 16.5. The van der Waals surface area contributed by atoms with Gasteiger partial charge in [-0.15, -0.1) is 0 Å². The molecule has 2 amide bonds. The zero-order valence-electron chi connectivity index (χ0n) is 17.4. The molecule has 1 fully saturated rings. The first-order chi connectivity index (χ1) is 14.5. The van der Waals surface area contributed by atoms with Gasteiger partial charge in [0, 0.05) is 12.6 Å². The number of nitrogens with one attached hydrogen (secondary N) is 2. The molecule has 0 unspecified atom stereocenters. The lowest BCUT2D eigenvalue weighted by Crippen LogP contribution is -2.50. The minimum absolute atomic E-state index is 0.138. The van der Waals surface area contributed by atoms with Crippen molar-refractivity contribution in [3.63, 3.8) is 0 Å². The van der Waals surface area contributed by atoms with E-state index in [1.165, 1.54) is 13.5 Å². The van der Waals surface area contributed by atoms with Crippen LogP contribution in [-0.2, 0) is 20.7 Å². The fourth-order valence-corrected chi connectivity index (χ4v) is 3.87. The Balaban J connectivity index is 1.69. The summed E-state index contributed by atoms with van der Waals surface area (Å²) in [7, 11) is 2.94. The summed E-state index contributed by atoms with van der Waals surface area (Å²) in [4.78, 5) is 36.5. The number of rotatable bonds is 7. The quantitative estimate of drug-likeness (QED) is 0.681. The van der Waals surface area contributed by atoms with E-state index >= 15 is 0 Å². The second-order valence-corrected chi connectivity index (χ2v) is 7.58. The van der Waals surface area contributed by atoms with E-state index < -0.39 is 11.9 Å². The first-order valence-electron chi connectivity index (χ1n) is 10.3. The van der Waals surface area contributed by atoms with E-state index in [0.29, 0.717) is 5.76 Å². The van der Waals surface area contributed by atoms with Crippen LogP contribution < -0.4 is 10.6 Å². The predicted molar refractivity (Wildman–Crippen MR) is 112 cm³/mol. The van der Waals surface area contributed by atoms with Crippen molar-refractivity contribution in [3.8, 4) is 11.3 Å². The fraction of sp³-hybridized carbons (Fsp3) is 0.435. The zero-order valence-corrected chi connectivity index (χ0v) is 17.4. The van der Waals surface area contributed by atoms with E-state index in [-0.39, 0.29) is 30.0 Å². The molecule has 30 heavy (non-hydrogen) atoms. The van der Waals surface area contributed by atoms with Gasteiger partial charge in [0.15, 0.2) is 5.76 Å². The average Bonchev–Trinajstić information content (AvgIpc) is 3.28. The van der Waals surface area contributed by atoms with Gasteiger partial charge in [-0.1, -0.05) is 43.5 Å². The van der Waals surface area contributed by atoms with Gasteiger partial charge in [0.1, 0.15) is 11.8 Å². The molecule has 1 atom stereocenters. The molecule has 1 aliphatic carbocycles. The van der Waals surface area contributed by atoms with Crippen molar-refractivity contribution in [3.05, 3.63) is 47.7 Å². The Morgan fingerprint density at radius 1 is 1.07 bits per heavy atom. The van der Waals surface area contributed by atoms with Crippen molar-refractivity contribution in [2.75, 3.05) is 14.2 Å². The molecule has 1 aromatic heterocycles. The molecule has 0 bridgehead atoms. The average molecular weight is 412 g/mol. The van der Waals surface area contributed by atoms with Gasteiger partial charge in [-0.25, -0.2) is 0 Å². The van der Waals surface area contributed by atoms with Crippen LogP contribution in [0.15, 0.2) is 40.8 Å². The molecule has 1 aliphatic rings. The van der Waals surface area contributed by atoms with Gasteiger partial charge >= 0.3 is 5.97 Å². The molecule has 1 heterocycles. The number of hydrogen-bond donors (Lipinski definition) is 2. The molecule has 0 spiro atoms. The smallest absolute Gasteiger partial charge is 0.309 e. The maximum Gasteiger partial charge on any atom is 0.309 e. The molecule has 160 valence electrons. The minimum atomic E-state index is -0.561. The third kappa shape index (κ3) is 5.28. The lowest BCUT2D eigenvalue weighted by molar-refractivity contribution is -0.139. The third-order valence-corrected chi connectivity index (χ3v) is 5.58. The number of ether oxygens (including phenoxy) is 1. The molecule has 2 N–H and O–H groups in total. The molecular weight excluding hydrogens is 384 g/mol. The number of amides is 2. The van der Waals surface area contributed by atoms with Crippen molar-refractivity contribution in [1.29, 1.82) is 0 Å². The minimum Gasteiger partial charge on any atom is -0.469 e. The monoisotopic (exact) mass is 412 g/mol. The van der Waals surface area contributed by atoms with Crippen LogP contribution in [0.1, 0.15) is 48.2 Å². The Hall–Kier alpha value is -3.09. The molecule has 7 nitrogen and oxygen atoms in total. The van der Waals surface area contributed by atoms with Crippen molar-refractivity contribution < 1.29 is 23.5 Å². The van der Waals surface area contributed by atoms with E-state index in [9.17, 15) is 14.4 Å². The SMILES string of the molecule is CNC(=O)[C@@H](NC(=O)c1ccc(-c2ccc(CC(=O)OC)cc2)o1)C1CCCCC1. The number of hydrogen-bond acceptors (Lipinski definition) is 5. The number of carbonyl (C=O) groups excluding carboxylic acids is 3. The maximum absolute atomic E-state index is 12.7. The van der Waals surface area contributed by atoms with Crippen LogP contribution in [0, 0.1) is 5.92 Å². The molecule has 2 aromatic rings. The van der Waals surface area contributed by atoms with E-state index in [1.807, 2.05) is 24.3 Å². The highest BCUT2D eigenvalue weighted by molar-refractivity contribution is 5.96. The summed E-state index contributed by atoms with van der Waals surface area (Å²) in [5, 5.41) is 5.52. The van der Waals surface area contributed by atoms with E-state index in [0.717, 1.165) is 36.8 Å². The van der Waals surface area contributed by atoms with E-state index in [2.05, 4.69) is 15.4 Å². The van der Waals surface area contributed by atoms with Crippen LogP contribution in [0.25, 0.3) is 11.3 Å². The van der Waals surface area contributed by atoms with Gasteiger partial charge in [-0.05, 0) is 36.5 Å². The van der Waals surface area contributed by atoms with Crippen LogP contribution in [-0.4, -0.2) is 38.0 Å². The largest absolute Gasteiger partial charge is 0.469 e. The second kappa shape index (κ2) is 10.1. The first kappa shape index (κ1) is 21.6. The maximum atomic E-state index is 12.7. The fourth-order valence-electron chi connectivity index (χ4n) is 3.87. The zero-order chi connectivity index (χ0) is 21.5. The predicted octanol–water partition coefficient (Wildman–Crippen LogP) is 3.09. The summed E-state index contributed by atoms with van der Waals surface area (Å²) in [6.07, 6.45) is 5.38. The lowest BCUT2D eigenvalue weighted by Gasteiger charge is -2.29. The number of likely N-dealkylation sites (N-methyl/N-ethyl adjacent to an activating group) is 1. The van der Waals surface area contributed by atoms with Gasteiger partial charge in [-0.2, -0.15) is 0 Å². The number of carbonyl (C=O) groups is 3. The topological polar surface area (TPSA) is 97.6 Å². The molecule has 3 rings (SSSR count). The molecule has 0 radical (unpaired) electrons. The highest BCUT2D eigenvalue weighted by Crippen LogP contribution is 2.27. The van der Waals surface area contributed by atoms with Crippen LogP contribution in [0.3, 0.4) is 0 Å². The van der Waals surface area contributed by atoms with Gasteiger partial charge in [0.25, 0.3) is 5.91 Å². The van der Waals surface area contributed by atoms with Gasteiger partial charge in [-0.3, -0.25) is 14.4 Å². The summed E-state index contributed by atoms with van der Waals surface area (Å²) >= 11 is 0. The summed E-state index contributed by atoms with van der Waals surface area (Å²) in [5.74, 6) is -0.0407. The summed E-state index contributed by atoms with van der Waals surface area (Å²) < 4.78 is 10.4. The van der Waals surface area contributed by atoms with Crippen molar-refractivity contribution in [2.24, 2.45) is 5.92 Å². The Morgan fingerprint density at radius 2 is 1.77 bits per heavy atom. The van der Waals surface area contributed by atoms with Gasteiger partial charge in [0.2, 0.25) is 5.91 Å². The van der Waals surface area contributed by atoms with Crippen LogP contribution in [0.5, 0.6) is 0 Å². The van der Waals surface area contributed by atoms with Gasteiger partial charge < -0.3 is 19.8 Å². The molecule has 0 aliphatic heterocycles. The third-order valence-electron chi connectivity index (χ3n) is 5.58. The van der Waals surface area contributed by atoms with E-state index in [1.54, 1.807) is 19.2 Å². The van der Waals surface area contributed by atoms with Crippen LogP contribution in [0.2, 0.25) is 0 Å². The first-order valence-corrected chi connectivity index (χ1v) is 10.3. The summed E-state index contributed by atoms with van der Waals surface area (Å²) in [5.41, 5.74) is 1.62. The Kier molecular flexibility index (Phi) is 7.27. The number of furan rings is 1. The van der Waals surface area contributed by atoms with Crippen LogP contribution in [0.4, 0.5) is 0 Å². The molecule has 1 aromatic carbocycles. The summed E-state index contributed by atoms with van der Waals surface area (Å²) in [6.45, 7) is 0. The Bertz CT molecular complexity index is 881. The number of esters is 1. The molecule has 0 saturated heterocycles. The van der Waals surface area contributed by atoms with E-state index in [4.69, 9.17) is 4.42 Å². The lowest BCUT2D eigenvalue weighted by atomic mass is 9.83. The van der Waals surface area contributed by atoms with Gasteiger partial charge in [0.05, 0.1) is 13.5 Å². The Morgan fingerprint density at radius 3 is 2.40 bits per heavy atom. The Labute approximate surface area is 176 Å². The molecular formula is C23H28N2O5. The molecule has 1 saturated carbocycles. The normalized spacial score (nSPS) is 15.3.